The van der Waals surface area contributed by atoms with Gasteiger partial charge in [-0.05, 0) is 26.7 Å². The summed E-state index contributed by atoms with van der Waals surface area (Å²) in [5.41, 5.74) is 0. The normalized spacial score (nSPS) is 19.9. The molecule has 0 saturated heterocycles. The van der Waals surface area contributed by atoms with Gasteiger partial charge < -0.3 is 0 Å². The molecule has 0 bridgehead atoms. The minimum atomic E-state index is -0.805. The summed E-state index contributed by atoms with van der Waals surface area (Å²) in [5, 5.41) is 0. The molecular weight excluding hydrogens is 219 g/mol. The first-order valence-corrected chi connectivity index (χ1v) is 5.96. The van der Waals surface area contributed by atoms with Crippen molar-refractivity contribution in [2.75, 3.05) is 0 Å². The van der Waals surface area contributed by atoms with Gasteiger partial charge in [-0.1, -0.05) is 26.7 Å². The molecule has 84 valence electrons. The first kappa shape index (κ1) is 14.2. The predicted molar refractivity (Wildman–Crippen MR) is 63.3 cm³/mol. The van der Waals surface area contributed by atoms with E-state index in [1.165, 1.54) is 0 Å². The van der Waals surface area contributed by atoms with Crippen molar-refractivity contribution in [3.8, 4) is 0 Å². The molecule has 0 spiro atoms. The largest absolute Gasteiger partial charge is 0.296 e. The lowest BCUT2D eigenvalue weighted by atomic mass is 9.88. The van der Waals surface area contributed by atoms with Crippen LogP contribution in [0.5, 0.6) is 0 Å². The Hall–Kier alpha value is 0.250. The molecule has 0 fully saturated rings. The maximum atomic E-state index is 12.0. The molecule has 0 aliphatic carbocycles. The molecule has 0 aromatic carbocycles. The van der Waals surface area contributed by atoms with E-state index < -0.39 is 9.75 Å². The zero-order valence-corrected chi connectivity index (χ0v) is 11.0. The molecule has 0 radical (unpaired) electrons. The molecule has 0 aliphatic rings. The van der Waals surface area contributed by atoms with Crippen LogP contribution in [0.15, 0.2) is 0 Å². The van der Waals surface area contributed by atoms with Gasteiger partial charge in [-0.15, -0.1) is 23.2 Å². The molecule has 0 heterocycles. The maximum absolute atomic E-state index is 12.0. The summed E-state index contributed by atoms with van der Waals surface area (Å²) in [4.78, 5) is 10.4. The van der Waals surface area contributed by atoms with E-state index in [1.54, 1.807) is 13.8 Å². The van der Waals surface area contributed by atoms with E-state index in [2.05, 4.69) is 0 Å². The third kappa shape index (κ3) is 3.78. The van der Waals surface area contributed by atoms with Crippen molar-refractivity contribution in [3.05, 3.63) is 0 Å². The Kier molecular flexibility index (Phi) is 5.46. The number of rotatable bonds is 6. The van der Waals surface area contributed by atoms with Gasteiger partial charge in [-0.3, -0.25) is 4.79 Å². The van der Waals surface area contributed by atoms with Crippen LogP contribution in [0.4, 0.5) is 0 Å². The van der Waals surface area contributed by atoms with E-state index in [4.69, 9.17) is 23.2 Å². The van der Waals surface area contributed by atoms with Crippen molar-refractivity contribution < 1.29 is 4.79 Å². The van der Waals surface area contributed by atoms with Gasteiger partial charge in [0.2, 0.25) is 0 Å². The van der Waals surface area contributed by atoms with E-state index in [0.717, 1.165) is 12.8 Å². The third-order valence-corrected chi connectivity index (χ3v) is 3.11. The molecule has 0 aliphatic heterocycles. The van der Waals surface area contributed by atoms with Crippen molar-refractivity contribution in [1.82, 2.24) is 0 Å². The number of carbonyl (C=O) groups is 1. The Labute approximate surface area is 97.2 Å². The lowest BCUT2D eigenvalue weighted by Crippen LogP contribution is -2.42. The zero-order valence-electron chi connectivity index (χ0n) is 9.49. The van der Waals surface area contributed by atoms with Gasteiger partial charge in [0.15, 0.2) is 5.78 Å². The fraction of sp³-hybridized carbons (Fsp3) is 0.909. The van der Waals surface area contributed by atoms with Crippen molar-refractivity contribution in [2.24, 2.45) is 0 Å². The van der Waals surface area contributed by atoms with Crippen LogP contribution in [0.3, 0.4) is 0 Å². The molecule has 0 aromatic rings. The number of alkyl halides is 2. The monoisotopic (exact) mass is 238 g/mol. The molecule has 3 heteroatoms. The molecule has 0 aromatic heterocycles. The van der Waals surface area contributed by atoms with Crippen molar-refractivity contribution in [2.45, 2.75) is 63.1 Å². The molecular formula is C11H20Cl2O. The van der Waals surface area contributed by atoms with E-state index in [-0.39, 0.29) is 5.78 Å². The van der Waals surface area contributed by atoms with E-state index in [0.29, 0.717) is 12.8 Å². The van der Waals surface area contributed by atoms with Crippen LogP contribution < -0.4 is 0 Å². The predicted octanol–water partition coefficient (Wildman–Crippen LogP) is 4.15. The first-order chi connectivity index (χ1) is 6.28. The molecule has 0 rings (SSSR count). The average molecular weight is 239 g/mol. The number of Topliss-reactive ketones (excluding diaryl/α,β-unsaturated/α-hetero) is 1. The van der Waals surface area contributed by atoms with Crippen LogP contribution in [-0.4, -0.2) is 15.5 Å². The Morgan fingerprint density at radius 1 is 1.00 bits per heavy atom. The van der Waals surface area contributed by atoms with Gasteiger partial charge in [0.1, 0.15) is 9.75 Å². The quantitative estimate of drug-likeness (QED) is 0.636. The number of hydrogen-bond acceptors (Lipinski definition) is 1. The summed E-state index contributed by atoms with van der Waals surface area (Å²) in [6, 6.07) is 0. The number of ketones is 1. The summed E-state index contributed by atoms with van der Waals surface area (Å²) >= 11 is 12.3. The number of hydrogen-bond donors (Lipinski definition) is 0. The highest BCUT2D eigenvalue weighted by molar-refractivity contribution is 6.44. The van der Waals surface area contributed by atoms with Gasteiger partial charge in [-0.25, -0.2) is 0 Å². The number of halogens is 2. The second-order valence-corrected chi connectivity index (χ2v) is 5.89. The highest BCUT2D eigenvalue weighted by Gasteiger charge is 2.41. The Morgan fingerprint density at radius 3 is 1.50 bits per heavy atom. The van der Waals surface area contributed by atoms with Crippen LogP contribution in [0, 0.1) is 0 Å². The van der Waals surface area contributed by atoms with Crippen molar-refractivity contribution in [3.63, 3.8) is 0 Å². The molecule has 1 nitrogen and oxygen atoms in total. The lowest BCUT2D eigenvalue weighted by molar-refractivity contribution is -0.123. The van der Waals surface area contributed by atoms with E-state index in [1.807, 2.05) is 13.8 Å². The van der Waals surface area contributed by atoms with Gasteiger partial charge in [0.05, 0.1) is 0 Å². The van der Waals surface area contributed by atoms with Gasteiger partial charge >= 0.3 is 0 Å². The van der Waals surface area contributed by atoms with Crippen molar-refractivity contribution in [1.29, 1.82) is 0 Å². The van der Waals surface area contributed by atoms with Crippen LogP contribution in [0.1, 0.15) is 53.4 Å². The smallest absolute Gasteiger partial charge is 0.173 e. The SMILES string of the molecule is CCCC(C)(Cl)C(=O)C(C)(Cl)CCC. The van der Waals surface area contributed by atoms with Gasteiger partial charge in [-0.2, -0.15) is 0 Å². The Bertz CT molecular complexity index is 177. The van der Waals surface area contributed by atoms with E-state index >= 15 is 0 Å². The Morgan fingerprint density at radius 2 is 1.29 bits per heavy atom. The zero-order chi connectivity index (χ0) is 11.4. The molecule has 0 saturated carbocycles. The van der Waals surface area contributed by atoms with Gasteiger partial charge in [0.25, 0.3) is 0 Å². The summed E-state index contributed by atoms with van der Waals surface area (Å²) < 4.78 is 0. The van der Waals surface area contributed by atoms with E-state index in [9.17, 15) is 4.79 Å². The standard InChI is InChI=1S/C11H20Cl2O/c1-5-7-10(3,12)9(14)11(4,13)8-6-2/h5-8H2,1-4H3. The topological polar surface area (TPSA) is 17.1 Å². The lowest BCUT2D eigenvalue weighted by Gasteiger charge is -2.29. The minimum Gasteiger partial charge on any atom is -0.296 e. The van der Waals surface area contributed by atoms with Crippen LogP contribution >= 0.6 is 23.2 Å². The maximum Gasteiger partial charge on any atom is 0.173 e. The van der Waals surface area contributed by atoms with Crippen LogP contribution in [0.2, 0.25) is 0 Å². The molecule has 0 amide bonds. The minimum absolute atomic E-state index is 0.0444. The summed E-state index contributed by atoms with van der Waals surface area (Å²) in [5.74, 6) is -0.0444. The summed E-state index contributed by atoms with van der Waals surface area (Å²) in [6.07, 6.45) is 3.15. The summed E-state index contributed by atoms with van der Waals surface area (Å²) in [7, 11) is 0. The fourth-order valence-corrected chi connectivity index (χ4v) is 2.55. The highest BCUT2D eigenvalue weighted by atomic mass is 35.5. The highest BCUT2D eigenvalue weighted by Crippen LogP contribution is 2.33. The second kappa shape index (κ2) is 5.37. The molecule has 0 N–H and O–H groups in total. The van der Waals surface area contributed by atoms with Crippen LogP contribution in [-0.2, 0) is 4.79 Å². The average Bonchev–Trinajstić information content (AvgIpc) is 2.02. The molecule has 2 atom stereocenters. The third-order valence-electron chi connectivity index (χ3n) is 2.39. The van der Waals surface area contributed by atoms with Crippen molar-refractivity contribution >= 4 is 29.0 Å². The fourth-order valence-electron chi connectivity index (χ4n) is 1.71. The Balaban J connectivity index is 4.58. The second-order valence-electron chi connectivity index (χ2n) is 4.22. The number of carbonyl (C=O) groups excluding carboxylic acids is 1. The molecule has 2 unspecified atom stereocenters. The first-order valence-electron chi connectivity index (χ1n) is 5.20. The summed E-state index contributed by atoms with van der Waals surface area (Å²) in [6.45, 7) is 7.55. The van der Waals surface area contributed by atoms with Gasteiger partial charge in [0, 0.05) is 0 Å². The van der Waals surface area contributed by atoms with Crippen LogP contribution in [0.25, 0.3) is 0 Å². The molecule has 14 heavy (non-hydrogen) atoms.